The van der Waals surface area contributed by atoms with Crippen LogP contribution in [0.25, 0.3) is 32.2 Å². The van der Waals surface area contributed by atoms with Gasteiger partial charge in [0.15, 0.2) is 5.65 Å². The lowest BCUT2D eigenvalue weighted by Gasteiger charge is -2.29. The largest absolute Gasteiger partial charge is 0.354 e. The maximum Gasteiger partial charge on any atom is 0.171 e. The van der Waals surface area contributed by atoms with Gasteiger partial charge in [-0.25, -0.2) is 19.3 Å². The average Bonchev–Trinajstić information content (AvgIpc) is 3.33. The molecule has 0 bridgehead atoms. The van der Waals surface area contributed by atoms with Gasteiger partial charge < -0.3 is 4.90 Å². The van der Waals surface area contributed by atoms with E-state index in [0.717, 1.165) is 51.0 Å². The lowest BCUT2D eigenvalue weighted by atomic mass is 10.1. The molecule has 5 rings (SSSR count). The van der Waals surface area contributed by atoms with Gasteiger partial charge in [0.05, 0.1) is 23.1 Å². The van der Waals surface area contributed by atoms with E-state index in [1.807, 2.05) is 48.6 Å². The van der Waals surface area contributed by atoms with Gasteiger partial charge in [0.2, 0.25) is 0 Å². The highest BCUT2D eigenvalue weighted by Crippen LogP contribution is 2.31. The van der Waals surface area contributed by atoms with Crippen LogP contribution in [0.1, 0.15) is 12.8 Å². The van der Waals surface area contributed by atoms with Crippen molar-refractivity contribution in [2.45, 2.75) is 19.0 Å². The van der Waals surface area contributed by atoms with Gasteiger partial charge in [0, 0.05) is 37.1 Å². The van der Waals surface area contributed by atoms with Gasteiger partial charge in [-0.2, -0.15) is 5.10 Å². The number of pyridine rings is 2. The monoisotopic (exact) mass is 394 g/mol. The van der Waals surface area contributed by atoms with Crippen molar-refractivity contribution in [2.75, 3.05) is 18.0 Å². The normalized spacial score (nSPS) is 17.4. The highest BCUT2D eigenvalue weighted by molar-refractivity contribution is 7.21. The van der Waals surface area contributed by atoms with Crippen molar-refractivity contribution in [3.8, 4) is 21.8 Å². The fraction of sp³-hybridized carbons (Fsp3) is 0.300. The van der Waals surface area contributed by atoms with Gasteiger partial charge >= 0.3 is 0 Å². The number of rotatable bonds is 3. The van der Waals surface area contributed by atoms with Crippen molar-refractivity contribution in [1.29, 1.82) is 0 Å². The van der Waals surface area contributed by atoms with E-state index >= 15 is 0 Å². The van der Waals surface area contributed by atoms with Gasteiger partial charge in [-0.3, -0.25) is 4.68 Å². The second-order valence-corrected chi connectivity index (χ2v) is 8.06. The Bertz CT molecular complexity index is 1120. The molecule has 0 spiro atoms. The Morgan fingerprint density at radius 1 is 1.11 bits per heavy atom. The highest BCUT2D eigenvalue weighted by Gasteiger charge is 2.20. The summed E-state index contributed by atoms with van der Waals surface area (Å²) in [5.41, 5.74) is 3.50. The lowest BCUT2D eigenvalue weighted by Crippen LogP contribution is -2.36. The van der Waals surface area contributed by atoms with Crippen LogP contribution in [-0.2, 0) is 7.05 Å². The molecule has 0 amide bonds. The number of halogens is 1. The number of hydrogen-bond donors (Lipinski definition) is 0. The van der Waals surface area contributed by atoms with Crippen LogP contribution in [-0.4, -0.2) is 44.0 Å². The SMILES string of the molecule is Cn1cc(-c2ccc3sc(-c4ccc(N5CCC[C@H](F)C5)nc4)nc3n2)cn1. The molecule has 0 unspecified atom stereocenters. The minimum Gasteiger partial charge on any atom is -0.354 e. The van der Waals surface area contributed by atoms with E-state index in [2.05, 4.69) is 15.1 Å². The molecule has 28 heavy (non-hydrogen) atoms. The number of hydrogen-bond acceptors (Lipinski definition) is 6. The summed E-state index contributed by atoms with van der Waals surface area (Å²) >= 11 is 1.59. The molecule has 1 aliphatic rings. The fourth-order valence-electron chi connectivity index (χ4n) is 3.49. The summed E-state index contributed by atoms with van der Waals surface area (Å²) in [5, 5.41) is 5.08. The molecule has 0 saturated carbocycles. The first-order valence-corrected chi connectivity index (χ1v) is 10.1. The number of thiazole rings is 1. The summed E-state index contributed by atoms with van der Waals surface area (Å²) in [5.74, 6) is 0.823. The Hall–Kier alpha value is -2.87. The predicted octanol–water partition coefficient (Wildman–Crippen LogP) is 4.09. The maximum absolute atomic E-state index is 13.6. The first-order chi connectivity index (χ1) is 13.7. The summed E-state index contributed by atoms with van der Waals surface area (Å²) in [6.45, 7) is 1.28. The quantitative estimate of drug-likeness (QED) is 0.524. The Morgan fingerprint density at radius 2 is 2.04 bits per heavy atom. The molecule has 1 atom stereocenters. The van der Waals surface area contributed by atoms with E-state index < -0.39 is 6.17 Å². The molecule has 1 fully saturated rings. The summed E-state index contributed by atoms with van der Waals surface area (Å²) in [7, 11) is 1.89. The average molecular weight is 394 g/mol. The molecule has 1 saturated heterocycles. The first kappa shape index (κ1) is 17.2. The molecule has 6 nitrogen and oxygen atoms in total. The molecule has 5 heterocycles. The maximum atomic E-state index is 13.6. The summed E-state index contributed by atoms with van der Waals surface area (Å²) < 4.78 is 16.4. The topological polar surface area (TPSA) is 59.7 Å². The van der Waals surface area contributed by atoms with Gasteiger partial charge in [0.25, 0.3) is 0 Å². The third kappa shape index (κ3) is 3.24. The zero-order chi connectivity index (χ0) is 19.1. The van der Waals surface area contributed by atoms with Crippen LogP contribution >= 0.6 is 11.3 Å². The Morgan fingerprint density at radius 3 is 2.79 bits per heavy atom. The second kappa shape index (κ2) is 6.94. The fourth-order valence-corrected chi connectivity index (χ4v) is 4.39. The van der Waals surface area contributed by atoms with Crippen LogP contribution in [0.4, 0.5) is 10.2 Å². The van der Waals surface area contributed by atoms with E-state index in [1.54, 1.807) is 22.2 Å². The minimum absolute atomic E-state index is 0.425. The number of anilines is 1. The molecular formula is C20H19FN6S. The van der Waals surface area contributed by atoms with Crippen LogP contribution < -0.4 is 4.90 Å². The Labute approximate surface area is 165 Å². The Balaban J connectivity index is 1.42. The zero-order valence-electron chi connectivity index (χ0n) is 15.4. The number of aryl methyl sites for hydroxylation is 1. The van der Waals surface area contributed by atoms with Crippen molar-refractivity contribution >= 4 is 27.5 Å². The van der Waals surface area contributed by atoms with Crippen molar-refractivity contribution in [3.63, 3.8) is 0 Å². The summed E-state index contributed by atoms with van der Waals surface area (Å²) in [4.78, 5) is 15.9. The number of alkyl halides is 1. The molecular weight excluding hydrogens is 375 g/mol. The molecule has 0 N–H and O–H groups in total. The van der Waals surface area contributed by atoms with Crippen LogP contribution in [0.15, 0.2) is 42.9 Å². The van der Waals surface area contributed by atoms with Gasteiger partial charge in [-0.15, -0.1) is 11.3 Å². The van der Waals surface area contributed by atoms with Crippen LogP contribution in [0.3, 0.4) is 0 Å². The van der Waals surface area contributed by atoms with E-state index in [1.165, 1.54) is 0 Å². The molecule has 0 aliphatic carbocycles. The van der Waals surface area contributed by atoms with Gasteiger partial charge in [0.1, 0.15) is 17.0 Å². The molecule has 142 valence electrons. The molecule has 0 radical (unpaired) electrons. The van der Waals surface area contributed by atoms with Crippen molar-refractivity contribution in [3.05, 3.63) is 42.9 Å². The van der Waals surface area contributed by atoms with Crippen LogP contribution in [0.2, 0.25) is 0 Å². The van der Waals surface area contributed by atoms with E-state index in [9.17, 15) is 4.39 Å². The number of aromatic nitrogens is 5. The molecule has 1 aliphatic heterocycles. The standard InChI is InChI=1S/C20H19FN6S/c1-26-11-14(10-23-26)16-5-6-17-19(24-16)25-20(28-17)13-4-7-18(22-9-13)27-8-2-3-15(21)12-27/h4-7,9-11,15H,2-3,8,12H2,1H3/t15-/m0/s1. The van der Waals surface area contributed by atoms with Gasteiger partial charge in [-0.1, -0.05) is 0 Å². The van der Waals surface area contributed by atoms with Crippen LogP contribution in [0.5, 0.6) is 0 Å². The van der Waals surface area contributed by atoms with Gasteiger partial charge in [-0.05, 0) is 37.1 Å². The molecule has 4 aromatic rings. The third-order valence-electron chi connectivity index (χ3n) is 4.94. The van der Waals surface area contributed by atoms with Crippen molar-refractivity contribution in [1.82, 2.24) is 24.7 Å². The first-order valence-electron chi connectivity index (χ1n) is 9.28. The molecule has 8 heteroatoms. The smallest absolute Gasteiger partial charge is 0.171 e. The second-order valence-electron chi connectivity index (χ2n) is 7.03. The van der Waals surface area contributed by atoms with Crippen molar-refractivity contribution < 1.29 is 4.39 Å². The number of piperidine rings is 1. The molecule has 4 aromatic heterocycles. The predicted molar refractivity (Wildman–Crippen MR) is 109 cm³/mol. The minimum atomic E-state index is -0.764. The zero-order valence-corrected chi connectivity index (χ0v) is 16.2. The molecule has 0 aromatic carbocycles. The van der Waals surface area contributed by atoms with Crippen molar-refractivity contribution in [2.24, 2.45) is 7.05 Å². The highest BCUT2D eigenvalue weighted by atomic mass is 32.1. The van der Waals surface area contributed by atoms with E-state index in [0.29, 0.717) is 13.0 Å². The summed E-state index contributed by atoms with van der Waals surface area (Å²) in [6, 6.07) is 7.99. The third-order valence-corrected chi connectivity index (χ3v) is 6.00. The van der Waals surface area contributed by atoms with E-state index in [4.69, 9.17) is 4.98 Å². The Kier molecular flexibility index (Phi) is 4.27. The summed E-state index contributed by atoms with van der Waals surface area (Å²) in [6.07, 6.45) is 6.30. The van der Waals surface area contributed by atoms with Crippen LogP contribution in [0, 0.1) is 0 Å². The number of nitrogens with zero attached hydrogens (tertiary/aromatic N) is 6. The number of fused-ring (bicyclic) bond motifs is 1. The lowest BCUT2D eigenvalue weighted by molar-refractivity contribution is 0.286. The van der Waals surface area contributed by atoms with E-state index in [-0.39, 0.29) is 0 Å².